The maximum absolute atomic E-state index is 4.29. The number of para-hydroxylation sites is 1. The van der Waals surface area contributed by atoms with Gasteiger partial charge in [-0.05, 0) is 29.5 Å². The zero-order valence-corrected chi connectivity index (χ0v) is 13.7. The van der Waals surface area contributed by atoms with Crippen LogP contribution in [0, 0.1) is 5.92 Å². The van der Waals surface area contributed by atoms with Crippen LogP contribution in [-0.4, -0.2) is 21.5 Å². The van der Waals surface area contributed by atoms with E-state index in [4.69, 9.17) is 0 Å². The topological polar surface area (TPSA) is 42.7 Å². The molecule has 1 N–H and O–H groups in total. The van der Waals surface area contributed by atoms with Gasteiger partial charge in [0.05, 0.1) is 17.6 Å². The zero-order valence-electron chi connectivity index (χ0n) is 13.7. The van der Waals surface area contributed by atoms with Crippen LogP contribution >= 0.6 is 0 Å². The summed E-state index contributed by atoms with van der Waals surface area (Å²) in [5.74, 6) is 0.635. The van der Waals surface area contributed by atoms with E-state index in [9.17, 15) is 0 Å². The zero-order chi connectivity index (χ0) is 15.5. The van der Waals surface area contributed by atoms with Crippen molar-refractivity contribution in [2.45, 2.75) is 46.6 Å². The molecule has 0 atom stereocenters. The molecule has 0 spiro atoms. The molecule has 0 aliphatic heterocycles. The number of benzene rings is 1. The van der Waals surface area contributed by atoms with Gasteiger partial charge < -0.3 is 5.32 Å². The number of nitrogens with one attached hydrogen (secondary N) is 1. The van der Waals surface area contributed by atoms with Gasteiger partial charge in [0, 0.05) is 6.54 Å². The van der Waals surface area contributed by atoms with Crippen molar-refractivity contribution in [3.05, 3.63) is 41.7 Å². The third kappa shape index (κ3) is 3.91. The van der Waals surface area contributed by atoms with Crippen molar-refractivity contribution < 1.29 is 0 Å². The van der Waals surface area contributed by atoms with Crippen molar-refractivity contribution in [3.8, 4) is 5.69 Å². The quantitative estimate of drug-likeness (QED) is 0.917. The number of hydrogen-bond donors (Lipinski definition) is 1. The molecule has 0 radical (unpaired) electrons. The van der Waals surface area contributed by atoms with Crippen molar-refractivity contribution in [2.24, 2.45) is 5.92 Å². The first-order chi connectivity index (χ1) is 9.89. The molecule has 114 valence electrons. The van der Waals surface area contributed by atoms with Gasteiger partial charge in [-0.3, -0.25) is 0 Å². The molecule has 2 rings (SSSR count). The van der Waals surface area contributed by atoms with Gasteiger partial charge in [-0.1, -0.05) is 58.0 Å². The number of rotatable bonds is 5. The molecule has 4 nitrogen and oxygen atoms in total. The van der Waals surface area contributed by atoms with Gasteiger partial charge in [-0.2, -0.15) is 0 Å². The van der Waals surface area contributed by atoms with Crippen LogP contribution in [0.4, 0.5) is 0 Å². The minimum Gasteiger partial charge on any atom is -0.311 e. The summed E-state index contributed by atoms with van der Waals surface area (Å²) in [7, 11) is 0. The standard InChI is InChI=1S/C17H26N4/c1-13(2)10-18-11-14-12-19-20-21(14)16-9-7-6-8-15(16)17(3,4)5/h6-9,12-13,18H,10-11H2,1-5H3. The van der Waals surface area contributed by atoms with Crippen LogP contribution in [-0.2, 0) is 12.0 Å². The van der Waals surface area contributed by atoms with Gasteiger partial charge in [-0.15, -0.1) is 5.10 Å². The van der Waals surface area contributed by atoms with Crippen molar-refractivity contribution in [3.63, 3.8) is 0 Å². The molecule has 1 heterocycles. The van der Waals surface area contributed by atoms with Crippen LogP contribution in [0.15, 0.2) is 30.5 Å². The Balaban J connectivity index is 2.30. The third-order valence-electron chi connectivity index (χ3n) is 3.42. The summed E-state index contributed by atoms with van der Waals surface area (Å²) in [6.45, 7) is 12.9. The molecule has 1 aromatic heterocycles. The smallest absolute Gasteiger partial charge is 0.0783 e. The lowest BCUT2D eigenvalue weighted by Crippen LogP contribution is -2.22. The van der Waals surface area contributed by atoms with Gasteiger partial charge in [0.25, 0.3) is 0 Å². The Kier molecular flexibility index (Phi) is 4.78. The van der Waals surface area contributed by atoms with Crippen molar-refractivity contribution >= 4 is 0 Å². The summed E-state index contributed by atoms with van der Waals surface area (Å²) in [5, 5.41) is 11.8. The first-order valence-electron chi connectivity index (χ1n) is 7.60. The highest BCUT2D eigenvalue weighted by molar-refractivity contribution is 5.45. The van der Waals surface area contributed by atoms with Crippen LogP contribution < -0.4 is 5.32 Å². The largest absolute Gasteiger partial charge is 0.311 e. The Hall–Kier alpha value is -1.68. The Morgan fingerprint density at radius 1 is 1.19 bits per heavy atom. The lowest BCUT2D eigenvalue weighted by molar-refractivity contribution is 0.539. The maximum Gasteiger partial charge on any atom is 0.0783 e. The van der Waals surface area contributed by atoms with E-state index in [1.807, 2.05) is 10.9 Å². The van der Waals surface area contributed by atoms with Crippen molar-refractivity contribution in [1.29, 1.82) is 0 Å². The molecule has 0 bridgehead atoms. The van der Waals surface area contributed by atoms with Crippen LogP contribution in [0.2, 0.25) is 0 Å². The van der Waals surface area contributed by atoms with Gasteiger partial charge in [0.15, 0.2) is 0 Å². The number of nitrogens with zero attached hydrogens (tertiary/aromatic N) is 3. The Bertz CT molecular complexity index is 578. The fraction of sp³-hybridized carbons (Fsp3) is 0.529. The lowest BCUT2D eigenvalue weighted by Gasteiger charge is -2.23. The molecular weight excluding hydrogens is 260 g/mol. The third-order valence-corrected chi connectivity index (χ3v) is 3.42. The fourth-order valence-electron chi connectivity index (χ4n) is 2.36. The minimum atomic E-state index is 0.0746. The molecule has 1 aromatic carbocycles. The summed E-state index contributed by atoms with van der Waals surface area (Å²) in [6.07, 6.45) is 1.84. The van der Waals surface area contributed by atoms with Crippen LogP contribution in [0.25, 0.3) is 5.69 Å². The van der Waals surface area contributed by atoms with E-state index in [2.05, 4.69) is 74.5 Å². The van der Waals surface area contributed by atoms with Gasteiger partial charge in [-0.25, -0.2) is 4.68 Å². The van der Waals surface area contributed by atoms with E-state index in [1.54, 1.807) is 0 Å². The van der Waals surface area contributed by atoms with Crippen LogP contribution in [0.5, 0.6) is 0 Å². The molecule has 0 aliphatic carbocycles. The predicted molar refractivity (Wildman–Crippen MR) is 86.6 cm³/mol. The number of aromatic nitrogens is 3. The first-order valence-corrected chi connectivity index (χ1v) is 7.60. The fourth-order valence-corrected chi connectivity index (χ4v) is 2.36. The van der Waals surface area contributed by atoms with Gasteiger partial charge >= 0.3 is 0 Å². The predicted octanol–water partition coefficient (Wildman–Crippen LogP) is 3.31. The molecular formula is C17H26N4. The van der Waals surface area contributed by atoms with E-state index in [-0.39, 0.29) is 5.41 Å². The number of hydrogen-bond acceptors (Lipinski definition) is 3. The Morgan fingerprint density at radius 2 is 1.90 bits per heavy atom. The Labute approximate surface area is 127 Å². The molecule has 0 saturated heterocycles. The summed E-state index contributed by atoms with van der Waals surface area (Å²) in [5.41, 5.74) is 3.56. The summed E-state index contributed by atoms with van der Waals surface area (Å²) in [4.78, 5) is 0. The molecule has 0 amide bonds. The van der Waals surface area contributed by atoms with E-state index >= 15 is 0 Å². The molecule has 0 fully saturated rings. The SMILES string of the molecule is CC(C)CNCc1cnnn1-c1ccccc1C(C)(C)C. The lowest BCUT2D eigenvalue weighted by atomic mass is 9.86. The van der Waals surface area contributed by atoms with E-state index in [1.165, 1.54) is 5.56 Å². The van der Waals surface area contributed by atoms with Crippen LogP contribution in [0.3, 0.4) is 0 Å². The second-order valence-electron chi connectivity index (χ2n) is 6.93. The summed E-state index contributed by atoms with van der Waals surface area (Å²) < 4.78 is 1.95. The highest BCUT2D eigenvalue weighted by atomic mass is 15.4. The molecule has 0 aliphatic rings. The average molecular weight is 286 g/mol. The Morgan fingerprint density at radius 3 is 2.57 bits per heavy atom. The van der Waals surface area contributed by atoms with Gasteiger partial charge in [0.1, 0.15) is 0 Å². The van der Waals surface area contributed by atoms with Crippen LogP contribution in [0.1, 0.15) is 45.9 Å². The normalized spacial score (nSPS) is 12.1. The molecule has 4 heteroatoms. The van der Waals surface area contributed by atoms with E-state index in [0.29, 0.717) is 5.92 Å². The summed E-state index contributed by atoms with van der Waals surface area (Å²) in [6, 6.07) is 8.42. The highest BCUT2D eigenvalue weighted by Gasteiger charge is 2.20. The summed E-state index contributed by atoms with van der Waals surface area (Å²) >= 11 is 0. The van der Waals surface area contributed by atoms with E-state index < -0.39 is 0 Å². The second kappa shape index (κ2) is 6.39. The van der Waals surface area contributed by atoms with Gasteiger partial charge in [0.2, 0.25) is 0 Å². The average Bonchev–Trinajstić information content (AvgIpc) is 2.85. The molecule has 0 saturated carbocycles. The van der Waals surface area contributed by atoms with Crippen molar-refractivity contribution in [2.75, 3.05) is 6.54 Å². The minimum absolute atomic E-state index is 0.0746. The molecule has 21 heavy (non-hydrogen) atoms. The molecule has 0 unspecified atom stereocenters. The highest BCUT2D eigenvalue weighted by Crippen LogP contribution is 2.28. The van der Waals surface area contributed by atoms with E-state index in [0.717, 1.165) is 24.5 Å². The maximum atomic E-state index is 4.29. The second-order valence-corrected chi connectivity index (χ2v) is 6.93. The monoisotopic (exact) mass is 286 g/mol. The molecule has 2 aromatic rings. The first kappa shape index (κ1) is 15.7. The van der Waals surface area contributed by atoms with Crippen molar-refractivity contribution in [1.82, 2.24) is 20.3 Å².